The van der Waals surface area contributed by atoms with E-state index in [-0.39, 0.29) is 11.2 Å². The van der Waals surface area contributed by atoms with Gasteiger partial charge in [0.15, 0.2) is 11.6 Å². The van der Waals surface area contributed by atoms with Gasteiger partial charge < -0.3 is 14.8 Å². The summed E-state index contributed by atoms with van der Waals surface area (Å²) in [5.41, 5.74) is 5.64. The summed E-state index contributed by atoms with van der Waals surface area (Å²) in [7, 11) is 3.27. The van der Waals surface area contributed by atoms with Gasteiger partial charge in [-0.3, -0.25) is 4.79 Å². The number of nitrogens with zero attached hydrogens (tertiary/aromatic N) is 3. The summed E-state index contributed by atoms with van der Waals surface area (Å²) in [6.07, 6.45) is 1.23. The molecule has 34 heavy (non-hydrogen) atoms. The molecule has 2 aliphatic rings. The molecule has 0 amide bonds. The Morgan fingerprint density at radius 1 is 1.03 bits per heavy atom. The van der Waals surface area contributed by atoms with Crippen molar-refractivity contribution >= 4 is 11.7 Å². The second kappa shape index (κ2) is 8.01. The van der Waals surface area contributed by atoms with Crippen LogP contribution >= 0.6 is 0 Å². The number of ether oxygens (including phenoxy) is 2. The number of fused-ring (bicyclic) bond motifs is 1. The highest BCUT2D eigenvalue weighted by Crippen LogP contribution is 2.47. The summed E-state index contributed by atoms with van der Waals surface area (Å²) in [6.45, 7) is 8.41. The van der Waals surface area contributed by atoms with Gasteiger partial charge in [0.25, 0.3) is 0 Å². The van der Waals surface area contributed by atoms with Crippen molar-refractivity contribution in [1.29, 1.82) is 0 Å². The van der Waals surface area contributed by atoms with Crippen LogP contribution in [0.15, 0.2) is 47.7 Å². The van der Waals surface area contributed by atoms with E-state index < -0.39 is 6.04 Å². The fourth-order valence-electron chi connectivity index (χ4n) is 4.95. The van der Waals surface area contributed by atoms with Gasteiger partial charge in [0, 0.05) is 28.8 Å². The molecule has 0 radical (unpaired) electrons. The highest BCUT2D eigenvalue weighted by atomic mass is 16.5. The molecular weight excluding hydrogens is 428 g/mol. The molecule has 2 aromatic carbocycles. The van der Waals surface area contributed by atoms with E-state index in [9.17, 15) is 4.79 Å². The van der Waals surface area contributed by atoms with Gasteiger partial charge in [-0.05, 0) is 61.1 Å². The summed E-state index contributed by atoms with van der Waals surface area (Å²) in [4.78, 5) is 18.4. The summed E-state index contributed by atoms with van der Waals surface area (Å²) in [6, 6.07) is 11.4. The Morgan fingerprint density at radius 3 is 2.53 bits per heavy atom. The maximum absolute atomic E-state index is 13.5. The SMILES string of the molecule is COc1ccc(OC)c(C2C3=C(CC(C)(C)CC3=O)Nc3nc(-c4ccc(C)c(C)c4)nn32)c1. The van der Waals surface area contributed by atoms with E-state index in [4.69, 9.17) is 19.6 Å². The van der Waals surface area contributed by atoms with Crippen molar-refractivity contribution in [2.75, 3.05) is 19.5 Å². The van der Waals surface area contributed by atoms with Gasteiger partial charge in [0.2, 0.25) is 5.95 Å². The van der Waals surface area contributed by atoms with Crippen LogP contribution in [0.4, 0.5) is 5.95 Å². The average molecular weight is 459 g/mol. The van der Waals surface area contributed by atoms with Gasteiger partial charge >= 0.3 is 0 Å². The lowest BCUT2D eigenvalue weighted by Crippen LogP contribution is -2.36. The largest absolute Gasteiger partial charge is 0.497 e. The first-order valence-electron chi connectivity index (χ1n) is 11.5. The molecule has 0 saturated carbocycles. The number of anilines is 1. The van der Waals surface area contributed by atoms with Crippen LogP contribution in [0.3, 0.4) is 0 Å². The molecule has 1 aliphatic carbocycles. The Kier molecular flexibility index (Phi) is 5.23. The van der Waals surface area contributed by atoms with Crippen LogP contribution in [0.1, 0.15) is 49.4 Å². The molecule has 176 valence electrons. The van der Waals surface area contributed by atoms with Crippen molar-refractivity contribution in [3.63, 3.8) is 0 Å². The highest BCUT2D eigenvalue weighted by Gasteiger charge is 2.43. The van der Waals surface area contributed by atoms with Crippen LogP contribution < -0.4 is 14.8 Å². The second-order valence-electron chi connectivity index (χ2n) is 9.97. The molecule has 1 aromatic heterocycles. The summed E-state index contributed by atoms with van der Waals surface area (Å²) >= 11 is 0. The number of ketones is 1. The average Bonchev–Trinajstić information content (AvgIpc) is 3.22. The number of aromatic nitrogens is 3. The predicted molar refractivity (Wildman–Crippen MR) is 131 cm³/mol. The molecule has 7 heteroatoms. The number of methoxy groups -OCH3 is 2. The van der Waals surface area contributed by atoms with Crippen molar-refractivity contribution in [1.82, 2.24) is 14.8 Å². The minimum absolute atomic E-state index is 0.113. The van der Waals surface area contributed by atoms with Crippen molar-refractivity contribution in [2.45, 2.75) is 46.6 Å². The summed E-state index contributed by atoms with van der Waals surface area (Å²) in [5.74, 6) is 2.71. The third-order valence-electron chi connectivity index (χ3n) is 6.83. The Bertz CT molecular complexity index is 1340. The van der Waals surface area contributed by atoms with Crippen LogP contribution in [0.2, 0.25) is 0 Å². The van der Waals surface area contributed by atoms with Crippen LogP contribution in [0, 0.1) is 19.3 Å². The second-order valence-corrected chi connectivity index (χ2v) is 9.97. The van der Waals surface area contributed by atoms with E-state index in [1.807, 2.05) is 28.9 Å². The number of Topliss-reactive ketones (excluding diaryl/α,β-unsaturated/α-hetero) is 1. The molecule has 1 aliphatic heterocycles. The van der Waals surface area contributed by atoms with Gasteiger partial charge in [-0.25, -0.2) is 4.68 Å². The molecule has 2 heterocycles. The quantitative estimate of drug-likeness (QED) is 0.576. The number of carbonyl (C=O) groups excluding carboxylic acids is 1. The molecule has 7 nitrogen and oxygen atoms in total. The normalized spacial score (nSPS) is 18.8. The van der Waals surface area contributed by atoms with E-state index in [1.54, 1.807) is 14.2 Å². The maximum atomic E-state index is 13.5. The number of hydrogen-bond acceptors (Lipinski definition) is 6. The van der Waals surface area contributed by atoms with Crippen LogP contribution in [0.5, 0.6) is 11.5 Å². The molecule has 0 spiro atoms. The highest BCUT2D eigenvalue weighted by molar-refractivity contribution is 6.00. The number of hydrogen-bond donors (Lipinski definition) is 1. The van der Waals surface area contributed by atoms with Gasteiger partial charge in [0.1, 0.15) is 17.5 Å². The Morgan fingerprint density at radius 2 is 1.82 bits per heavy atom. The Balaban J connectivity index is 1.73. The zero-order valence-electron chi connectivity index (χ0n) is 20.5. The fourth-order valence-corrected chi connectivity index (χ4v) is 4.95. The third-order valence-corrected chi connectivity index (χ3v) is 6.83. The van der Waals surface area contributed by atoms with Crippen molar-refractivity contribution in [3.05, 3.63) is 64.4 Å². The van der Waals surface area contributed by atoms with Crippen LogP contribution in [-0.2, 0) is 4.79 Å². The van der Waals surface area contributed by atoms with Gasteiger partial charge in [-0.2, -0.15) is 4.98 Å². The Labute approximate surface area is 199 Å². The van der Waals surface area contributed by atoms with E-state index in [2.05, 4.69) is 45.1 Å². The lowest BCUT2D eigenvalue weighted by atomic mass is 9.73. The molecule has 0 saturated heterocycles. The Hall–Kier alpha value is -3.61. The van der Waals surface area contributed by atoms with E-state index in [0.29, 0.717) is 29.7 Å². The topological polar surface area (TPSA) is 78.3 Å². The molecule has 1 unspecified atom stereocenters. The molecule has 5 rings (SSSR count). The minimum atomic E-state index is -0.465. The predicted octanol–water partition coefficient (Wildman–Crippen LogP) is 5.24. The molecule has 3 aromatic rings. The third kappa shape index (κ3) is 3.65. The van der Waals surface area contributed by atoms with Gasteiger partial charge in [0.05, 0.1) is 14.2 Å². The lowest BCUT2D eigenvalue weighted by molar-refractivity contribution is -0.118. The van der Waals surface area contributed by atoms with Crippen LogP contribution in [0.25, 0.3) is 11.4 Å². The van der Waals surface area contributed by atoms with Crippen LogP contribution in [-0.4, -0.2) is 34.8 Å². The first kappa shape index (κ1) is 22.2. The number of allylic oxidation sites excluding steroid dienone is 2. The van der Waals surface area contributed by atoms with Gasteiger partial charge in [-0.1, -0.05) is 26.0 Å². The molecule has 1 atom stereocenters. The summed E-state index contributed by atoms with van der Waals surface area (Å²) in [5, 5.41) is 8.35. The van der Waals surface area contributed by atoms with E-state index >= 15 is 0 Å². The van der Waals surface area contributed by atoms with Crippen molar-refractivity contribution < 1.29 is 14.3 Å². The number of carbonyl (C=O) groups is 1. The van der Waals surface area contributed by atoms with E-state index in [1.165, 1.54) is 11.1 Å². The number of aryl methyl sites for hydroxylation is 2. The zero-order valence-corrected chi connectivity index (χ0v) is 20.5. The van der Waals surface area contributed by atoms with Gasteiger partial charge in [-0.15, -0.1) is 5.10 Å². The molecular formula is C27H30N4O3. The smallest absolute Gasteiger partial charge is 0.226 e. The number of benzene rings is 2. The van der Waals surface area contributed by atoms with E-state index in [0.717, 1.165) is 28.8 Å². The molecule has 0 fully saturated rings. The van der Waals surface area contributed by atoms with Crippen molar-refractivity contribution in [2.24, 2.45) is 5.41 Å². The first-order chi connectivity index (χ1) is 16.2. The minimum Gasteiger partial charge on any atom is -0.497 e. The summed E-state index contributed by atoms with van der Waals surface area (Å²) < 4.78 is 13.0. The lowest BCUT2D eigenvalue weighted by Gasteiger charge is -2.38. The number of nitrogens with one attached hydrogen (secondary N) is 1. The zero-order chi connectivity index (χ0) is 24.2. The number of rotatable bonds is 4. The van der Waals surface area contributed by atoms with Crippen molar-refractivity contribution in [3.8, 4) is 22.9 Å². The molecule has 0 bridgehead atoms. The molecule has 1 N–H and O–H groups in total. The first-order valence-corrected chi connectivity index (χ1v) is 11.5. The maximum Gasteiger partial charge on any atom is 0.226 e. The fraction of sp³-hybridized carbons (Fsp3) is 0.370. The standard InChI is InChI=1S/C27H30N4O3/c1-15-7-8-17(11-16(15)2)25-29-26-28-20-13-27(3,4)14-21(32)23(20)24(31(26)30-25)19-12-18(33-5)9-10-22(19)34-6/h7-12,24H,13-14H2,1-6H3,(H,28,29,30). The monoisotopic (exact) mass is 458 g/mol.